The van der Waals surface area contributed by atoms with Crippen molar-refractivity contribution in [2.45, 2.75) is 6.92 Å². The van der Waals surface area contributed by atoms with Gasteiger partial charge < -0.3 is 4.84 Å². The second kappa shape index (κ2) is 4.57. The fourth-order valence-corrected chi connectivity index (χ4v) is 1.90. The first-order valence-electron chi connectivity index (χ1n) is 5.97. The third-order valence-corrected chi connectivity index (χ3v) is 2.84. The number of rotatable bonds is 1. The lowest BCUT2D eigenvalue weighted by Crippen LogP contribution is -2.39. The van der Waals surface area contributed by atoms with Crippen LogP contribution in [-0.4, -0.2) is 16.8 Å². The van der Waals surface area contributed by atoms with Gasteiger partial charge in [-0.3, -0.25) is 4.79 Å². The minimum atomic E-state index is -0.226. The largest absolute Gasteiger partial charge is 0.368 e. The molecule has 4 nitrogen and oxygen atoms in total. The Morgan fingerprint density at radius 1 is 1.05 bits per heavy atom. The van der Waals surface area contributed by atoms with Crippen molar-refractivity contribution in [3.63, 3.8) is 0 Å². The summed E-state index contributed by atoms with van der Waals surface area (Å²) in [6, 6.07) is 16.4. The number of para-hydroxylation sites is 2. The number of aliphatic imine (C=N–C) groups is 1. The Hall–Kier alpha value is -2.62. The maximum absolute atomic E-state index is 12.3. The molecule has 0 saturated heterocycles. The van der Waals surface area contributed by atoms with Crippen LogP contribution in [0, 0.1) is 0 Å². The van der Waals surface area contributed by atoms with Gasteiger partial charge in [-0.25, -0.2) is 4.99 Å². The van der Waals surface area contributed by atoms with Crippen LogP contribution in [0.2, 0.25) is 0 Å². The van der Waals surface area contributed by atoms with Crippen molar-refractivity contribution in [1.29, 1.82) is 0 Å². The van der Waals surface area contributed by atoms with Crippen molar-refractivity contribution in [2.75, 3.05) is 0 Å². The second-order valence-corrected chi connectivity index (χ2v) is 4.18. The molecule has 4 heteroatoms. The number of hydroxylamine groups is 2. The van der Waals surface area contributed by atoms with Gasteiger partial charge in [0.2, 0.25) is 0 Å². The van der Waals surface area contributed by atoms with E-state index in [1.807, 2.05) is 36.4 Å². The molecule has 0 unspecified atom stereocenters. The fourth-order valence-electron chi connectivity index (χ4n) is 1.90. The van der Waals surface area contributed by atoms with Crippen LogP contribution in [0.1, 0.15) is 17.3 Å². The van der Waals surface area contributed by atoms with E-state index >= 15 is 0 Å². The smallest absolute Gasteiger partial charge is 0.292 e. The molecule has 1 aliphatic heterocycles. The monoisotopic (exact) mass is 252 g/mol. The molecule has 2 aromatic carbocycles. The SMILES string of the molecule is CC1=Nc2ccccc2ON1C(=O)c1ccccc1. The maximum atomic E-state index is 12.3. The summed E-state index contributed by atoms with van der Waals surface area (Å²) < 4.78 is 0. The molecule has 0 radical (unpaired) electrons. The summed E-state index contributed by atoms with van der Waals surface area (Å²) in [5, 5.41) is 1.22. The molecule has 0 saturated carbocycles. The summed E-state index contributed by atoms with van der Waals surface area (Å²) in [7, 11) is 0. The number of amides is 1. The summed E-state index contributed by atoms with van der Waals surface area (Å²) in [5.74, 6) is 0.876. The molecular weight excluding hydrogens is 240 g/mol. The van der Waals surface area contributed by atoms with Crippen LogP contribution in [0.25, 0.3) is 0 Å². The Balaban J connectivity index is 1.95. The molecule has 2 aromatic rings. The molecule has 0 atom stereocenters. The molecule has 0 spiro atoms. The Morgan fingerprint density at radius 3 is 2.53 bits per heavy atom. The predicted octanol–water partition coefficient (Wildman–Crippen LogP) is 3.19. The maximum Gasteiger partial charge on any atom is 0.292 e. The van der Waals surface area contributed by atoms with Gasteiger partial charge in [-0.2, -0.15) is 0 Å². The van der Waals surface area contributed by atoms with E-state index in [1.165, 1.54) is 5.06 Å². The van der Waals surface area contributed by atoms with Crippen molar-refractivity contribution in [1.82, 2.24) is 5.06 Å². The van der Waals surface area contributed by atoms with Crippen LogP contribution in [0.15, 0.2) is 59.6 Å². The quantitative estimate of drug-likeness (QED) is 0.782. The number of hydrogen-bond acceptors (Lipinski definition) is 3. The third kappa shape index (κ3) is 2.08. The molecule has 19 heavy (non-hydrogen) atoms. The second-order valence-electron chi connectivity index (χ2n) is 4.18. The lowest BCUT2D eigenvalue weighted by Gasteiger charge is -2.26. The van der Waals surface area contributed by atoms with E-state index in [4.69, 9.17) is 4.84 Å². The van der Waals surface area contributed by atoms with E-state index in [-0.39, 0.29) is 5.91 Å². The van der Waals surface area contributed by atoms with Crippen LogP contribution >= 0.6 is 0 Å². The summed E-state index contributed by atoms with van der Waals surface area (Å²) in [6.45, 7) is 1.75. The molecule has 0 aliphatic carbocycles. The highest BCUT2D eigenvalue weighted by Crippen LogP contribution is 2.31. The van der Waals surface area contributed by atoms with Gasteiger partial charge in [-0.1, -0.05) is 30.3 Å². The average Bonchev–Trinajstić information content (AvgIpc) is 2.47. The molecule has 3 rings (SSSR count). The van der Waals surface area contributed by atoms with E-state index in [9.17, 15) is 4.79 Å². The lowest BCUT2D eigenvalue weighted by molar-refractivity contribution is 0.0146. The van der Waals surface area contributed by atoms with Gasteiger partial charge in [0.05, 0.1) is 0 Å². The first-order valence-corrected chi connectivity index (χ1v) is 5.97. The summed E-state index contributed by atoms with van der Waals surface area (Å²) in [6.07, 6.45) is 0. The van der Waals surface area contributed by atoms with Gasteiger partial charge >= 0.3 is 0 Å². The molecule has 1 heterocycles. The first-order chi connectivity index (χ1) is 9.25. The van der Waals surface area contributed by atoms with Crippen molar-refractivity contribution in [3.05, 3.63) is 60.2 Å². The van der Waals surface area contributed by atoms with Crippen molar-refractivity contribution >= 4 is 17.4 Å². The molecule has 1 amide bonds. The first kappa shape index (κ1) is 11.5. The minimum Gasteiger partial charge on any atom is -0.368 e. The van der Waals surface area contributed by atoms with Crippen LogP contribution < -0.4 is 4.84 Å². The lowest BCUT2D eigenvalue weighted by atomic mass is 10.2. The average molecular weight is 252 g/mol. The Morgan fingerprint density at radius 2 is 1.74 bits per heavy atom. The van der Waals surface area contributed by atoms with Crippen molar-refractivity contribution in [3.8, 4) is 5.75 Å². The number of hydrogen-bond donors (Lipinski definition) is 0. The zero-order valence-corrected chi connectivity index (χ0v) is 10.4. The van der Waals surface area contributed by atoms with E-state index in [0.717, 1.165) is 5.69 Å². The number of fused-ring (bicyclic) bond motifs is 1. The van der Waals surface area contributed by atoms with Crippen LogP contribution in [0.5, 0.6) is 5.75 Å². The van der Waals surface area contributed by atoms with Crippen molar-refractivity contribution in [2.24, 2.45) is 4.99 Å². The van der Waals surface area contributed by atoms with Gasteiger partial charge in [0, 0.05) is 5.56 Å². The molecule has 0 fully saturated rings. The van der Waals surface area contributed by atoms with Gasteiger partial charge in [0.15, 0.2) is 5.75 Å². The molecule has 0 aromatic heterocycles. The van der Waals surface area contributed by atoms with E-state index in [1.54, 1.807) is 25.1 Å². The number of carbonyl (C=O) groups is 1. The van der Waals surface area contributed by atoms with Crippen molar-refractivity contribution < 1.29 is 9.63 Å². The highest BCUT2D eigenvalue weighted by atomic mass is 16.7. The van der Waals surface area contributed by atoms with Gasteiger partial charge in [0.25, 0.3) is 5.91 Å². The third-order valence-electron chi connectivity index (χ3n) is 2.84. The summed E-state index contributed by atoms with van der Waals surface area (Å²) in [4.78, 5) is 22.3. The van der Waals surface area contributed by atoms with E-state index in [2.05, 4.69) is 4.99 Å². The zero-order chi connectivity index (χ0) is 13.2. The number of carbonyl (C=O) groups excluding carboxylic acids is 1. The molecule has 1 aliphatic rings. The fraction of sp³-hybridized carbons (Fsp3) is 0.0667. The molecular formula is C15H12N2O2. The standard InChI is InChI=1S/C15H12N2O2/c1-11-16-13-9-5-6-10-14(13)19-17(11)15(18)12-7-3-2-4-8-12/h2-10H,1H3. The van der Waals surface area contributed by atoms with Gasteiger partial charge in [-0.05, 0) is 31.2 Å². The van der Waals surface area contributed by atoms with Crippen LogP contribution in [0.3, 0.4) is 0 Å². The van der Waals surface area contributed by atoms with E-state index in [0.29, 0.717) is 17.1 Å². The minimum absolute atomic E-state index is 0.226. The Kier molecular flexibility index (Phi) is 2.76. The molecule has 94 valence electrons. The molecule has 0 bridgehead atoms. The van der Waals surface area contributed by atoms with Gasteiger partial charge in [-0.15, -0.1) is 5.06 Å². The Labute approximate surface area is 110 Å². The highest BCUT2D eigenvalue weighted by Gasteiger charge is 2.25. The van der Waals surface area contributed by atoms with Crippen LogP contribution in [0.4, 0.5) is 5.69 Å². The molecule has 0 N–H and O–H groups in total. The summed E-state index contributed by atoms with van der Waals surface area (Å²) >= 11 is 0. The van der Waals surface area contributed by atoms with E-state index < -0.39 is 0 Å². The topological polar surface area (TPSA) is 41.9 Å². The summed E-state index contributed by atoms with van der Waals surface area (Å²) in [5.41, 5.74) is 1.30. The number of benzene rings is 2. The Bertz CT molecular complexity index is 650. The predicted molar refractivity (Wildman–Crippen MR) is 72.5 cm³/mol. The van der Waals surface area contributed by atoms with Crippen LogP contribution in [-0.2, 0) is 0 Å². The zero-order valence-electron chi connectivity index (χ0n) is 10.4. The highest BCUT2D eigenvalue weighted by molar-refractivity contribution is 6.06. The number of amidine groups is 1. The number of nitrogens with zero attached hydrogens (tertiary/aromatic N) is 2. The van der Waals surface area contributed by atoms with Gasteiger partial charge in [0.1, 0.15) is 11.5 Å². The normalized spacial score (nSPS) is 13.3.